The summed E-state index contributed by atoms with van der Waals surface area (Å²) in [5.74, 6) is 1.17. The van der Waals surface area contributed by atoms with Gasteiger partial charge in [-0.25, -0.2) is 0 Å². The number of carbonyl (C=O) groups is 1. The van der Waals surface area contributed by atoms with Crippen LogP contribution in [0.2, 0.25) is 0 Å². The Morgan fingerprint density at radius 3 is 2.92 bits per heavy atom. The number of benzene rings is 1. The van der Waals surface area contributed by atoms with Crippen molar-refractivity contribution in [3.05, 3.63) is 23.8 Å². The number of hydrogen-bond acceptors (Lipinski definition) is 3. The molecule has 0 aliphatic carbocycles. The molecule has 1 N–H and O–H groups in total. The zero-order chi connectivity index (χ0) is 9.26. The summed E-state index contributed by atoms with van der Waals surface area (Å²) in [5, 5.41) is 6.89. The van der Waals surface area contributed by atoms with Crippen LogP contribution in [-0.2, 0) is 11.3 Å². The molecule has 3 rings (SSSR count). The van der Waals surface area contributed by atoms with Crippen LogP contribution in [0.1, 0.15) is 5.56 Å². The second-order valence-electron chi connectivity index (χ2n) is 2.84. The number of hydrogen-bond donors (Lipinski definition) is 1. The van der Waals surface area contributed by atoms with E-state index in [0.717, 1.165) is 6.54 Å². The fourth-order valence-corrected chi connectivity index (χ4v) is 2.84. The zero-order valence-corrected chi connectivity index (χ0v) is 7.75. The van der Waals surface area contributed by atoms with Gasteiger partial charge in [-0.05, 0) is 11.6 Å². The van der Waals surface area contributed by atoms with Crippen molar-refractivity contribution < 1.29 is 9.90 Å². The third-order valence-corrected chi connectivity index (χ3v) is 3.34. The molecule has 0 saturated heterocycles. The monoisotopic (exact) mass is 195 g/mol. The second-order valence-corrected chi connectivity index (χ2v) is 3.80. The van der Waals surface area contributed by atoms with Gasteiger partial charge in [-0.1, -0.05) is 12.1 Å². The quantitative estimate of drug-likeness (QED) is 0.640. The van der Waals surface area contributed by atoms with Crippen molar-refractivity contribution in [2.45, 2.75) is 11.4 Å². The van der Waals surface area contributed by atoms with E-state index in [-0.39, 0.29) is 6.47 Å². The molecule has 0 unspecified atom stereocenters. The fraction of sp³-hybridized carbons (Fsp3) is 0.222. The van der Waals surface area contributed by atoms with Crippen LogP contribution in [0.15, 0.2) is 23.1 Å². The average Bonchev–Trinajstić information content (AvgIpc) is 2.61. The average molecular weight is 195 g/mol. The summed E-state index contributed by atoms with van der Waals surface area (Å²) in [6, 6.07) is 6.59. The summed E-state index contributed by atoms with van der Waals surface area (Å²) in [4.78, 5) is 12.3. The van der Waals surface area contributed by atoms with Gasteiger partial charge in [0.1, 0.15) is 0 Å². The predicted molar refractivity (Wildman–Crippen MR) is 52.0 cm³/mol. The number of anilines is 1. The van der Waals surface area contributed by atoms with E-state index in [2.05, 4.69) is 23.1 Å². The van der Waals surface area contributed by atoms with Crippen molar-refractivity contribution in [1.82, 2.24) is 0 Å². The van der Waals surface area contributed by atoms with Crippen LogP contribution in [0, 0.1) is 0 Å². The largest absolute Gasteiger partial charge is 0.483 e. The van der Waals surface area contributed by atoms with Gasteiger partial charge in [-0.15, -0.1) is 11.8 Å². The first-order valence-corrected chi connectivity index (χ1v) is 4.93. The Morgan fingerprint density at radius 2 is 2.31 bits per heavy atom. The molecule has 1 aromatic rings. The Kier molecular flexibility index (Phi) is 2.14. The molecule has 0 saturated carbocycles. The Morgan fingerprint density at radius 1 is 1.54 bits per heavy atom. The van der Waals surface area contributed by atoms with E-state index >= 15 is 0 Å². The molecule has 3 nitrogen and oxygen atoms in total. The first-order valence-electron chi connectivity index (χ1n) is 3.94. The summed E-state index contributed by atoms with van der Waals surface area (Å²) in [6.45, 7) is 0.907. The molecule has 2 aliphatic heterocycles. The normalized spacial score (nSPS) is 15.2. The Bertz CT molecular complexity index is 340. The van der Waals surface area contributed by atoms with E-state index < -0.39 is 0 Å². The maximum absolute atomic E-state index is 8.36. The first kappa shape index (κ1) is 8.44. The third kappa shape index (κ3) is 1.27. The van der Waals surface area contributed by atoms with Gasteiger partial charge in [0.2, 0.25) is 0 Å². The molecular weight excluding hydrogens is 186 g/mol. The molecule has 4 heteroatoms. The van der Waals surface area contributed by atoms with Crippen LogP contribution in [0.3, 0.4) is 0 Å². The topological polar surface area (TPSA) is 40.5 Å². The minimum atomic E-state index is -0.250. The van der Waals surface area contributed by atoms with Gasteiger partial charge < -0.3 is 10.0 Å². The van der Waals surface area contributed by atoms with Gasteiger partial charge >= 0.3 is 0 Å². The molecule has 2 heterocycles. The minimum absolute atomic E-state index is 0.250. The lowest BCUT2D eigenvalue weighted by atomic mass is 10.2. The highest BCUT2D eigenvalue weighted by molar-refractivity contribution is 8.00. The predicted octanol–water partition coefficient (Wildman–Crippen LogP) is 1.77. The van der Waals surface area contributed by atoms with Gasteiger partial charge in [-0.2, -0.15) is 0 Å². The Hall–Kier alpha value is -1.16. The molecule has 0 aromatic heterocycles. The van der Waals surface area contributed by atoms with E-state index in [4.69, 9.17) is 9.90 Å². The van der Waals surface area contributed by atoms with Crippen LogP contribution in [-0.4, -0.2) is 17.5 Å². The van der Waals surface area contributed by atoms with Gasteiger partial charge in [0.25, 0.3) is 6.47 Å². The maximum Gasteiger partial charge on any atom is 0.290 e. The zero-order valence-electron chi connectivity index (χ0n) is 6.93. The van der Waals surface area contributed by atoms with Gasteiger partial charge in [0.15, 0.2) is 0 Å². The van der Waals surface area contributed by atoms with Crippen molar-refractivity contribution in [2.24, 2.45) is 0 Å². The molecule has 1 aromatic carbocycles. The maximum atomic E-state index is 8.36. The Balaban J connectivity index is 0.000000196. The van der Waals surface area contributed by atoms with Gasteiger partial charge in [0.05, 0.1) is 11.6 Å². The smallest absolute Gasteiger partial charge is 0.290 e. The summed E-state index contributed by atoms with van der Waals surface area (Å²) in [5.41, 5.74) is 2.98. The van der Waals surface area contributed by atoms with Gasteiger partial charge in [-0.3, -0.25) is 4.79 Å². The SMILES string of the molecule is O=CO.c1cc2c3c(c1)N(CS3)C2. The molecule has 0 radical (unpaired) electrons. The molecule has 13 heavy (non-hydrogen) atoms. The lowest BCUT2D eigenvalue weighted by Gasteiger charge is -2.13. The highest BCUT2D eigenvalue weighted by Gasteiger charge is 2.28. The molecular formula is C9H9NO2S. The van der Waals surface area contributed by atoms with Crippen molar-refractivity contribution >= 4 is 23.9 Å². The third-order valence-electron chi connectivity index (χ3n) is 2.14. The molecule has 0 amide bonds. The summed E-state index contributed by atoms with van der Waals surface area (Å²) in [7, 11) is 0. The lowest BCUT2D eigenvalue weighted by Crippen LogP contribution is -2.15. The number of rotatable bonds is 0. The van der Waals surface area contributed by atoms with E-state index in [1.165, 1.54) is 22.0 Å². The van der Waals surface area contributed by atoms with Crippen LogP contribution in [0.4, 0.5) is 5.69 Å². The molecule has 68 valence electrons. The van der Waals surface area contributed by atoms with Crippen LogP contribution in [0.5, 0.6) is 0 Å². The van der Waals surface area contributed by atoms with E-state index in [1.807, 2.05) is 11.8 Å². The molecule has 0 fully saturated rings. The summed E-state index contributed by atoms with van der Waals surface area (Å²) < 4.78 is 0. The number of nitrogens with zero attached hydrogens (tertiary/aromatic N) is 1. The highest BCUT2D eigenvalue weighted by Crippen LogP contribution is 2.47. The van der Waals surface area contributed by atoms with Crippen LogP contribution < -0.4 is 4.90 Å². The van der Waals surface area contributed by atoms with E-state index in [0.29, 0.717) is 0 Å². The fourth-order valence-electron chi connectivity index (χ4n) is 1.66. The van der Waals surface area contributed by atoms with Crippen molar-refractivity contribution in [2.75, 3.05) is 10.8 Å². The van der Waals surface area contributed by atoms with Crippen LogP contribution >= 0.6 is 11.8 Å². The summed E-state index contributed by atoms with van der Waals surface area (Å²) >= 11 is 1.97. The molecule has 4 bridgehead atoms. The summed E-state index contributed by atoms with van der Waals surface area (Å²) in [6.07, 6.45) is 0. The number of thioether (sulfide) groups is 1. The van der Waals surface area contributed by atoms with E-state index in [9.17, 15) is 0 Å². The lowest BCUT2D eigenvalue weighted by molar-refractivity contribution is -0.122. The second kappa shape index (κ2) is 3.30. The molecule has 2 aliphatic rings. The number of carboxylic acid groups (broad SMARTS) is 1. The highest BCUT2D eigenvalue weighted by atomic mass is 32.2. The van der Waals surface area contributed by atoms with E-state index in [1.54, 1.807) is 0 Å². The minimum Gasteiger partial charge on any atom is -0.483 e. The van der Waals surface area contributed by atoms with Crippen molar-refractivity contribution in [3.8, 4) is 0 Å². The molecule has 0 atom stereocenters. The standard InChI is InChI=1S/C8H7NS.CH2O2/c1-2-6-4-9-5-10-8(6)7(9)3-1;2-1-3/h1-3H,4-5H2;1H,(H,2,3). The van der Waals surface area contributed by atoms with Crippen LogP contribution in [0.25, 0.3) is 0 Å². The molecule has 0 spiro atoms. The Labute approximate surface area is 80.4 Å². The van der Waals surface area contributed by atoms with Crippen molar-refractivity contribution in [1.29, 1.82) is 0 Å². The van der Waals surface area contributed by atoms with Crippen molar-refractivity contribution in [3.63, 3.8) is 0 Å². The van der Waals surface area contributed by atoms with Gasteiger partial charge in [0, 0.05) is 11.4 Å². The first-order chi connectivity index (χ1) is 6.36.